The Kier molecular flexibility index (Phi) is 6.47. The number of benzene rings is 1. The van der Waals surface area contributed by atoms with E-state index in [1.807, 2.05) is 56.1 Å². The van der Waals surface area contributed by atoms with Crippen LogP contribution >= 0.6 is 0 Å². The van der Waals surface area contributed by atoms with Gasteiger partial charge in [0.05, 0.1) is 29.7 Å². The summed E-state index contributed by atoms with van der Waals surface area (Å²) in [5, 5.41) is 9.06. The van der Waals surface area contributed by atoms with Gasteiger partial charge < -0.3 is 14.6 Å². The van der Waals surface area contributed by atoms with E-state index >= 15 is 0 Å². The summed E-state index contributed by atoms with van der Waals surface area (Å²) in [7, 11) is 0. The molecule has 0 saturated carbocycles. The van der Waals surface area contributed by atoms with Crippen molar-refractivity contribution in [3.8, 4) is 6.07 Å². The molecule has 1 aliphatic rings. The van der Waals surface area contributed by atoms with Gasteiger partial charge >= 0.3 is 6.09 Å². The average molecular weight is 410 g/mol. The fraction of sp³-hybridized carbons (Fsp3) is 0.522. The molecule has 0 radical (unpaired) electrons. The molecule has 2 heterocycles. The molecule has 1 aliphatic heterocycles. The van der Waals surface area contributed by atoms with Crippen LogP contribution in [0, 0.1) is 11.3 Å². The second-order valence-corrected chi connectivity index (χ2v) is 9.07. The molecule has 3 atom stereocenters. The zero-order chi connectivity index (χ0) is 21.9. The fourth-order valence-electron chi connectivity index (χ4n) is 4.19. The highest BCUT2D eigenvalue weighted by Gasteiger charge is 2.38. The van der Waals surface area contributed by atoms with Gasteiger partial charge in [0, 0.05) is 31.4 Å². The Labute approximate surface area is 178 Å². The molecule has 1 aromatic heterocycles. The first-order chi connectivity index (χ1) is 14.2. The first-order valence-corrected chi connectivity index (χ1v) is 10.4. The van der Waals surface area contributed by atoms with Gasteiger partial charge in [-0.25, -0.2) is 9.78 Å². The predicted molar refractivity (Wildman–Crippen MR) is 115 cm³/mol. The lowest BCUT2D eigenvalue weighted by Gasteiger charge is -2.47. The van der Waals surface area contributed by atoms with Crippen molar-refractivity contribution in [3.63, 3.8) is 0 Å². The summed E-state index contributed by atoms with van der Waals surface area (Å²) in [6, 6.07) is 10.3. The van der Waals surface area contributed by atoms with Crippen LogP contribution in [0.5, 0.6) is 0 Å². The monoisotopic (exact) mass is 409 g/mol. The predicted octanol–water partition coefficient (Wildman–Crippen LogP) is 3.89. The maximum Gasteiger partial charge on any atom is 0.410 e. The van der Waals surface area contributed by atoms with Gasteiger partial charge in [-0.05, 0) is 58.7 Å². The van der Waals surface area contributed by atoms with Crippen molar-refractivity contribution >= 4 is 6.09 Å². The SMILES string of the molecule is C[C@@H]1CN(C(=O)OC(C)(C)C)C[C@H](C)N1C(Cc1ccc(C#N)cc1)c1cnc[nH]1. The van der Waals surface area contributed by atoms with E-state index in [1.54, 1.807) is 6.33 Å². The third kappa shape index (κ3) is 5.19. The molecule has 1 aromatic carbocycles. The molecule has 0 aliphatic carbocycles. The molecule has 2 aromatic rings. The van der Waals surface area contributed by atoms with Crippen molar-refractivity contribution in [1.82, 2.24) is 19.8 Å². The van der Waals surface area contributed by atoms with Gasteiger partial charge in [0.15, 0.2) is 0 Å². The third-order valence-corrected chi connectivity index (χ3v) is 5.39. The molecule has 0 bridgehead atoms. The first kappa shape index (κ1) is 21.8. The molecule has 7 heteroatoms. The highest BCUT2D eigenvalue weighted by Crippen LogP contribution is 2.31. The van der Waals surface area contributed by atoms with Crippen LogP contribution in [0.25, 0.3) is 0 Å². The van der Waals surface area contributed by atoms with Crippen LogP contribution < -0.4 is 0 Å². The molecular formula is C23H31N5O2. The maximum atomic E-state index is 12.6. The summed E-state index contributed by atoms with van der Waals surface area (Å²) < 4.78 is 5.59. The number of amides is 1. The Morgan fingerprint density at radius 2 is 1.90 bits per heavy atom. The van der Waals surface area contributed by atoms with Gasteiger partial charge in [-0.2, -0.15) is 5.26 Å². The van der Waals surface area contributed by atoms with Gasteiger partial charge in [0.1, 0.15) is 5.60 Å². The summed E-state index contributed by atoms with van der Waals surface area (Å²) >= 11 is 0. The molecule has 3 rings (SSSR count). The minimum Gasteiger partial charge on any atom is -0.444 e. The van der Waals surface area contributed by atoms with Gasteiger partial charge in [-0.15, -0.1) is 0 Å². The average Bonchev–Trinajstić information content (AvgIpc) is 3.20. The van der Waals surface area contributed by atoms with Crippen LogP contribution in [-0.4, -0.2) is 56.6 Å². The number of hydrogen-bond donors (Lipinski definition) is 1. The molecule has 1 N–H and O–H groups in total. The van der Waals surface area contributed by atoms with Gasteiger partial charge in [0.25, 0.3) is 0 Å². The lowest BCUT2D eigenvalue weighted by molar-refractivity contribution is -0.0217. The van der Waals surface area contributed by atoms with Crippen molar-refractivity contribution in [2.24, 2.45) is 0 Å². The lowest BCUT2D eigenvalue weighted by atomic mass is 9.96. The Morgan fingerprint density at radius 1 is 1.27 bits per heavy atom. The Bertz CT molecular complexity index is 868. The van der Waals surface area contributed by atoms with E-state index in [0.717, 1.165) is 17.7 Å². The zero-order valence-electron chi connectivity index (χ0n) is 18.4. The standard InChI is InChI=1S/C23H31N5O2/c1-16-13-27(22(29)30-23(3,4)5)14-17(2)28(16)21(20-12-25-15-26-20)10-18-6-8-19(11-24)9-7-18/h6-9,12,15-17,21H,10,13-14H2,1-5H3,(H,25,26)/t16-,17+,21?. The number of H-pyrrole nitrogens is 1. The third-order valence-electron chi connectivity index (χ3n) is 5.39. The number of hydrogen-bond acceptors (Lipinski definition) is 5. The fourth-order valence-corrected chi connectivity index (χ4v) is 4.19. The largest absolute Gasteiger partial charge is 0.444 e. The Morgan fingerprint density at radius 3 is 2.40 bits per heavy atom. The first-order valence-electron chi connectivity index (χ1n) is 10.4. The Hall–Kier alpha value is -2.85. The highest BCUT2D eigenvalue weighted by atomic mass is 16.6. The Balaban J connectivity index is 1.80. The van der Waals surface area contributed by atoms with E-state index < -0.39 is 5.60 Å². The second-order valence-electron chi connectivity index (χ2n) is 9.07. The minimum absolute atomic E-state index is 0.0891. The topological polar surface area (TPSA) is 85.2 Å². The number of nitrogens with one attached hydrogen (secondary N) is 1. The van der Waals surface area contributed by atoms with Crippen molar-refractivity contribution in [2.45, 2.75) is 64.8 Å². The summed E-state index contributed by atoms with van der Waals surface area (Å²) in [5.74, 6) is 0. The number of ether oxygens (including phenoxy) is 1. The number of nitrogens with zero attached hydrogens (tertiary/aromatic N) is 4. The van der Waals surface area contributed by atoms with E-state index in [-0.39, 0.29) is 24.2 Å². The number of aromatic amines is 1. The molecule has 1 saturated heterocycles. The quantitative estimate of drug-likeness (QED) is 0.828. The molecule has 0 spiro atoms. The van der Waals surface area contributed by atoms with E-state index in [1.165, 1.54) is 0 Å². The molecule has 1 amide bonds. The molecule has 1 unspecified atom stereocenters. The van der Waals surface area contributed by atoms with Gasteiger partial charge in [-0.1, -0.05) is 12.1 Å². The van der Waals surface area contributed by atoms with Crippen LogP contribution in [0.4, 0.5) is 4.79 Å². The number of aromatic nitrogens is 2. The number of carbonyl (C=O) groups excluding carboxylic acids is 1. The maximum absolute atomic E-state index is 12.6. The van der Waals surface area contributed by atoms with E-state index in [2.05, 4.69) is 34.8 Å². The van der Waals surface area contributed by atoms with E-state index in [9.17, 15) is 4.79 Å². The smallest absolute Gasteiger partial charge is 0.410 e. The second kappa shape index (κ2) is 8.88. The van der Waals surface area contributed by atoms with Crippen molar-refractivity contribution in [3.05, 3.63) is 53.6 Å². The van der Waals surface area contributed by atoms with Gasteiger partial charge in [-0.3, -0.25) is 4.90 Å². The molecule has 160 valence electrons. The van der Waals surface area contributed by atoms with E-state index in [0.29, 0.717) is 18.7 Å². The summed E-state index contributed by atoms with van der Waals surface area (Å²) in [5.41, 5.74) is 2.35. The minimum atomic E-state index is -0.505. The number of rotatable bonds is 4. The summed E-state index contributed by atoms with van der Waals surface area (Å²) in [6.45, 7) is 11.2. The number of carbonyl (C=O) groups is 1. The zero-order valence-corrected chi connectivity index (χ0v) is 18.4. The number of imidazole rings is 1. The molecule has 30 heavy (non-hydrogen) atoms. The molecule has 7 nitrogen and oxygen atoms in total. The number of piperazine rings is 1. The van der Waals surface area contributed by atoms with Crippen LogP contribution in [0.3, 0.4) is 0 Å². The normalized spacial score (nSPS) is 21.1. The van der Waals surface area contributed by atoms with Crippen LogP contribution in [0.2, 0.25) is 0 Å². The molecule has 1 fully saturated rings. The van der Waals surface area contributed by atoms with Crippen molar-refractivity contribution < 1.29 is 9.53 Å². The number of nitriles is 1. The van der Waals surface area contributed by atoms with Crippen molar-refractivity contribution in [2.75, 3.05) is 13.1 Å². The lowest BCUT2D eigenvalue weighted by Crippen LogP contribution is -2.59. The van der Waals surface area contributed by atoms with Crippen LogP contribution in [0.15, 0.2) is 36.8 Å². The highest BCUT2D eigenvalue weighted by molar-refractivity contribution is 5.68. The van der Waals surface area contributed by atoms with Crippen molar-refractivity contribution in [1.29, 1.82) is 5.26 Å². The summed E-state index contributed by atoms with van der Waals surface area (Å²) in [6.07, 6.45) is 4.10. The van der Waals surface area contributed by atoms with Crippen LogP contribution in [-0.2, 0) is 11.2 Å². The molecular weight excluding hydrogens is 378 g/mol. The van der Waals surface area contributed by atoms with E-state index in [4.69, 9.17) is 10.00 Å². The van der Waals surface area contributed by atoms with Gasteiger partial charge in [0.2, 0.25) is 0 Å². The van der Waals surface area contributed by atoms with Crippen LogP contribution in [0.1, 0.15) is 57.5 Å². The summed E-state index contributed by atoms with van der Waals surface area (Å²) in [4.78, 5) is 24.4.